The summed E-state index contributed by atoms with van der Waals surface area (Å²) >= 11 is 0. The third kappa shape index (κ3) is 40.1. The van der Waals surface area contributed by atoms with Crippen LogP contribution in [0.3, 0.4) is 0 Å². The molecule has 0 aliphatic heterocycles. The normalized spacial score (nSPS) is 9.50. The van der Waals surface area contributed by atoms with Gasteiger partial charge in [0, 0.05) is 5.97 Å². The van der Waals surface area contributed by atoms with Crippen molar-refractivity contribution >= 4 is 5.97 Å². The number of carboxylic acids is 1. The first-order chi connectivity index (χ1) is 11.7. The van der Waals surface area contributed by atoms with Gasteiger partial charge in [-0.05, 0) is 25.7 Å². The van der Waals surface area contributed by atoms with Crippen molar-refractivity contribution < 1.29 is 79.4 Å². The number of rotatable bonds is 17. The van der Waals surface area contributed by atoms with Gasteiger partial charge in [-0.3, -0.25) is 0 Å². The molecule has 0 bridgehead atoms. The van der Waals surface area contributed by atoms with E-state index in [1.54, 1.807) is 0 Å². The van der Waals surface area contributed by atoms with Crippen LogP contribution in [0.5, 0.6) is 0 Å². The Morgan fingerprint density at radius 1 is 0.654 bits per heavy atom. The largest absolute Gasteiger partial charge is 1.00 e. The Morgan fingerprint density at radius 2 is 0.962 bits per heavy atom. The van der Waals surface area contributed by atoms with Crippen LogP contribution in [0.1, 0.15) is 123 Å². The molecule has 0 fully saturated rings. The average Bonchev–Trinajstić information content (AvgIpc) is 2.57. The monoisotopic (exact) mass is 417 g/mol. The molecule has 154 valence electrons. The maximum Gasteiger partial charge on any atom is 1.00 e. The molecule has 0 unspecified atom stereocenters. The molecule has 26 heavy (non-hydrogen) atoms. The minimum absolute atomic E-state index is 0. The van der Waals surface area contributed by atoms with Crippen LogP contribution in [0.4, 0.5) is 0 Å². The van der Waals surface area contributed by atoms with Crippen molar-refractivity contribution in [1.29, 1.82) is 0 Å². The van der Waals surface area contributed by atoms with Crippen molar-refractivity contribution in [3.8, 4) is 0 Å². The van der Waals surface area contributed by atoms with Crippen LogP contribution in [0, 0.1) is 0 Å². The SMILES string of the molecule is CCCCCCCCC(=O)[O-].CCCCCCCCCCCC[NH3+].[Cl-].[K+]. The van der Waals surface area contributed by atoms with Gasteiger partial charge in [-0.25, -0.2) is 0 Å². The van der Waals surface area contributed by atoms with Crippen LogP contribution >= 0.6 is 0 Å². The van der Waals surface area contributed by atoms with Crippen molar-refractivity contribution in [2.45, 2.75) is 123 Å². The Balaban J connectivity index is -0.000000175. The van der Waals surface area contributed by atoms with E-state index in [4.69, 9.17) is 0 Å². The maximum absolute atomic E-state index is 9.98. The molecular weight excluding hydrogens is 373 g/mol. The van der Waals surface area contributed by atoms with Crippen LogP contribution in [-0.2, 0) is 4.79 Å². The molecule has 0 saturated carbocycles. The van der Waals surface area contributed by atoms with Gasteiger partial charge in [0.25, 0.3) is 0 Å². The Morgan fingerprint density at radius 3 is 1.27 bits per heavy atom. The minimum Gasteiger partial charge on any atom is -1.00 e. The first-order valence-corrected chi connectivity index (χ1v) is 10.7. The van der Waals surface area contributed by atoms with Crippen molar-refractivity contribution in [2.24, 2.45) is 0 Å². The number of unbranched alkanes of at least 4 members (excludes halogenated alkanes) is 14. The van der Waals surface area contributed by atoms with Crippen LogP contribution in [0.25, 0.3) is 0 Å². The number of carbonyl (C=O) groups excluding carboxylic acids is 1. The smallest absolute Gasteiger partial charge is 1.00 e. The third-order valence-corrected chi connectivity index (χ3v) is 4.34. The Bertz CT molecular complexity index is 234. The van der Waals surface area contributed by atoms with Crippen molar-refractivity contribution in [3.63, 3.8) is 0 Å². The zero-order valence-electron chi connectivity index (χ0n) is 18.1. The van der Waals surface area contributed by atoms with E-state index in [1.807, 2.05) is 0 Å². The molecule has 0 heterocycles. The molecule has 3 nitrogen and oxygen atoms in total. The van der Waals surface area contributed by atoms with Gasteiger partial charge in [-0.1, -0.05) is 97.3 Å². The fourth-order valence-electron chi connectivity index (χ4n) is 2.71. The summed E-state index contributed by atoms with van der Waals surface area (Å²) in [4.78, 5) is 9.98. The molecule has 3 N–H and O–H groups in total. The standard InChI is InChI=1S/C12H27N.C9H18O2.ClH.K/c1-2-3-4-5-6-7-8-9-10-11-12-13;1-2-3-4-5-6-7-8-9(10)11;;/h2-13H2,1H3;2-8H2,1H3,(H,10,11);1H;/q;;;+1/p-1. The van der Waals surface area contributed by atoms with E-state index in [1.165, 1.54) is 89.9 Å². The predicted molar refractivity (Wildman–Crippen MR) is 103 cm³/mol. The molecule has 0 saturated heterocycles. The van der Waals surface area contributed by atoms with Crippen LogP contribution in [0.15, 0.2) is 0 Å². The van der Waals surface area contributed by atoms with Crippen molar-refractivity contribution in [2.75, 3.05) is 6.54 Å². The summed E-state index contributed by atoms with van der Waals surface area (Å²) in [5.74, 6) is -0.916. The Labute approximate surface area is 212 Å². The molecule has 0 amide bonds. The van der Waals surface area contributed by atoms with Crippen LogP contribution in [0.2, 0.25) is 0 Å². The number of quaternary nitrogens is 1. The average molecular weight is 418 g/mol. The number of carbonyl (C=O) groups is 1. The summed E-state index contributed by atoms with van der Waals surface area (Å²) in [7, 11) is 0. The van der Waals surface area contributed by atoms with E-state index in [2.05, 4.69) is 19.6 Å². The van der Waals surface area contributed by atoms with Crippen molar-refractivity contribution in [1.82, 2.24) is 0 Å². The summed E-state index contributed by atoms with van der Waals surface area (Å²) in [6.45, 7) is 5.57. The van der Waals surface area contributed by atoms with Gasteiger partial charge in [0.2, 0.25) is 0 Å². The molecule has 0 rings (SSSR count). The van der Waals surface area contributed by atoms with Gasteiger partial charge in [-0.15, -0.1) is 0 Å². The topological polar surface area (TPSA) is 67.8 Å². The summed E-state index contributed by atoms with van der Waals surface area (Å²) in [5.41, 5.74) is 3.85. The van der Waals surface area contributed by atoms with Gasteiger partial charge in [0.15, 0.2) is 0 Å². The quantitative estimate of drug-likeness (QED) is 0.235. The first-order valence-electron chi connectivity index (χ1n) is 10.7. The van der Waals surface area contributed by atoms with Crippen LogP contribution in [-0.4, -0.2) is 12.5 Å². The predicted octanol–water partition coefficient (Wildman–Crippen LogP) is -1.36. The number of halogens is 1. The molecule has 5 heteroatoms. The second kappa shape index (κ2) is 33.9. The molecule has 0 radical (unpaired) electrons. The van der Waals surface area contributed by atoms with Gasteiger partial charge in [0.1, 0.15) is 0 Å². The van der Waals surface area contributed by atoms with Gasteiger partial charge < -0.3 is 28.0 Å². The van der Waals surface area contributed by atoms with E-state index >= 15 is 0 Å². The Hall–Kier alpha value is 1.36. The molecular formula is C21H45ClKNO2. The second-order valence-corrected chi connectivity index (χ2v) is 6.93. The van der Waals surface area contributed by atoms with Gasteiger partial charge in [-0.2, -0.15) is 0 Å². The number of aliphatic carboxylic acids is 1. The molecule has 0 atom stereocenters. The molecule has 0 aromatic rings. The van der Waals surface area contributed by atoms with E-state index < -0.39 is 5.97 Å². The Kier molecular flexibility index (Phi) is 45.4. The summed E-state index contributed by atoms with van der Waals surface area (Å²) in [6, 6.07) is 0. The minimum atomic E-state index is -0.916. The first kappa shape index (κ1) is 34.8. The van der Waals surface area contributed by atoms with E-state index in [-0.39, 0.29) is 70.2 Å². The van der Waals surface area contributed by atoms with E-state index in [0.29, 0.717) is 0 Å². The second-order valence-electron chi connectivity index (χ2n) is 6.93. The fraction of sp³-hybridized carbons (Fsp3) is 0.952. The van der Waals surface area contributed by atoms with Crippen LogP contribution < -0.4 is 74.6 Å². The zero-order chi connectivity index (χ0) is 18.3. The zero-order valence-corrected chi connectivity index (χ0v) is 22.0. The van der Waals surface area contributed by atoms with Crippen molar-refractivity contribution in [3.05, 3.63) is 0 Å². The van der Waals surface area contributed by atoms with Gasteiger partial charge >= 0.3 is 51.4 Å². The van der Waals surface area contributed by atoms with E-state index in [9.17, 15) is 9.90 Å². The molecule has 0 aromatic heterocycles. The summed E-state index contributed by atoms with van der Waals surface area (Å²) in [6.07, 6.45) is 21.2. The summed E-state index contributed by atoms with van der Waals surface area (Å²) < 4.78 is 0. The van der Waals surface area contributed by atoms with Gasteiger partial charge in [0.05, 0.1) is 6.54 Å². The number of carboxylic acid groups (broad SMARTS) is 1. The summed E-state index contributed by atoms with van der Waals surface area (Å²) in [5, 5.41) is 9.98. The molecule has 0 aliphatic rings. The van der Waals surface area contributed by atoms with E-state index in [0.717, 1.165) is 19.4 Å². The number of hydrogen-bond acceptors (Lipinski definition) is 2. The molecule has 0 aromatic carbocycles. The number of hydrogen-bond donors (Lipinski definition) is 1. The molecule has 0 aliphatic carbocycles. The fourth-order valence-corrected chi connectivity index (χ4v) is 2.71. The molecule has 0 spiro atoms. The maximum atomic E-state index is 9.98. The third-order valence-electron chi connectivity index (χ3n) is 4.34.